The van der Waals surface area contributed by atoms with Gasteiger partial charge in [0.25, 0.3) is 5.91 Å². The number of amides is 1. The zero-order valence-electron chi connectivity index (χ0n) is 7.27. The zero-order chi connectivity index (χ0) is 10.6. The molecular weight excluding hydrogens is 222 g/mol. The maximum absolute atomic E-state index is 10.9. The van der Waals surface area contributed by atoms with Crippen LogP contribution in [0.2, 0.25) is 5.02 Å². The van der Waals surface area contributed by atoms with E-state index in [0.29, 0.717) is 11.4 Å². The van der Waals surface area contributed by atoms with Gasteiger partial charge in [0.05, 0.1) is 5.25 Å². The van der Waals surface area contributed by atoms with Crippen LogP contribution in [-0.2, 0) is 11.2 Å². The molecule has 1 unspecified atom stereocenters. The van der Waals surface area contributed by atoms with Gasteiger partial charge >= 0.3 is 0 Å². The van der Waals surface area contributed by atoms with Crippen molar-refractivity contribution in [2.75, 3.05) is 0 Å². The average molecular weight is 232 g/mol. The molecule has 0 aromatic heterocycles. The SMILES string of the molecule is O=C(NO)C(S)Cc1ccc(Cl)cc1. The number of hydrogen-bond donors (Lipinski definition) is 3. The van der Waals surface area contributed by atoms with Crippen molar-refractivity contribution in [3.63, 3.8) is 0 Å². The minimum atomic E-state index is -0.554. The van der Waals surface area contributed by atoms with Crippen LogP contribution in [0.5, 0.6) is 0 Å². The van der Waals surface area contributed by atoms with E-state index in [1.165, 1.54) is 0 Å². The quantitative estimate of drug-likeness (QED) is 0.421. The summed E-state index contributed by atoms with van der Waals surface area (Å²) in [6.07, 6.45) is 0.451. The lowest BCUT2D eigenvalue weighted by Gasteiger charge is -2.07. The normalized spacial score (nSPS) is 12.2. The summed E-state index contributed by atoms with van der Waals surface area (Å²) in [6.45, 7) is 0. The fourth-order valence-corrected chi connectivity index (χ4v) is 1.41. The molecular formula is C9H10ClNO2S. The maximum atomic E-state index is 10.9. The van der Waals surface area contributed by atoms with Gasteiger partial charge in [-0.15, -0.1) is 0 Å². The first-order valence-electron chi connectivity index (χ1n) is 4.00. The fraction of sp³-hybridized carbons (Fsp3) is 0.222. The highest BCUT2D eigenvalue weighted by molar-refractivity contribution is 7.81. The van der Waals surface area contributed by atoms with Crippen LogP contribution in [0.25, 0.3) is 0 Å². The van der Waals surface area contributed by atoms with Crippen LogP contribution in [0.3, 0.4) is 0 Å². The highest BCUT2D eigenvalue weighted by Gasteiger charge is 2.13. The fourth-order valence-electron chi connectivity index (χ4n) is 1.01. The third-order valence-electron chi connectivity index (χ3n) is 1.76. The van der Waals surface area contributed by atoms with Gasteiger partial charge in [0, 0.05) is 5.02 Å². The summed E-state index contributed by atoms with van der Waals surface area (Å²) in [7, 11) is 0. The second-order valence-corrected chi connectivity index (χ2v) is 3.88. The Kier molecular flexibility index (Phi) is 4.25. The lowest BCUT2D eigenvalue weighted by Crippen LogP contribution is -2.29. The molecule has 0 radical (unpaired) electrons. The van der Waals surface area contributed by atoms with Gasteiger partial charge in [-0.2, -0.15) is 12.6 Å². The van der Waals surface area contributed by atoms with E-state index in [1.807, 2.05) is 12.1 Å². The van der Waals surface area contributed by atoms with Gasteiger partial charge in [-0.3, -0.25) is 10.0 Å². The van der Waals surface area contributed by atoms with Crippen molar-refractivity contribution in [3.05, 3.63) is 34.9 Å². The monoisotopic (exact) mass is 231 g/mol. The largest absolute Gasteiger partial charge is 0.289 e. The number of hydroxylamine groups is 1. The van der Waals surface area contributed by atoms with E-state index in [9.17, 15) is 4.79 Å². The Morgan fingerprint density at radius 3 is 2.57 bits per heavy atom. The number of thiol groups is 1. The van der Waals surface area contributed by atoms with Crippen LogP contribution in [0.15, 0.2) is 24.3 Å². The molecule has 0 aliphatic carbocycles. The second kappa shape index (κ2) is 5.24. The summed E-state index contributed by atoms with van der Waals surface area (Å²) in [6, 6.07) is 7.12. The predicted molar refractivity (Wildman–Crippen MR) is 57.9 cm³/mol. The third kappa shape index (κ3) is 3.21. The third-order valence-corrected chi connectivity index (χ3v) is 2.42. The van der Waals surface area contributed by atoms with Gasteiger partial charge in [-0.05, 0) is 24.1 Å². The summed E-state index contributed by atoms with van der Waals surface area (Å²) in [4.78, 5) is 10.9. The number of nitrogens with one attached hydrogen (secondary N) is 1. The van der Waals surface area contributed by atoms with Crippen molar-refractivity contribution in [3.8, 4) is 0 Å². The first-order valence-corrected chi connectivity index (χ1v) is 4.89. The molecule has 0 aliphatic rings. The Morgan fingerprint density at radius 1 is 1.50 bits per heavy atom. The highest BCUT2D eigenvalue weighted by atomic mass is 35.5. The van der Waals surface area contributed by atoms with Gasteiger partial charge < -0.3 is 0 Å². The summed E-state index contributed by atoms with van der Waals surface area (Å²) >= 11 is 9.74. The number of rotatable bonds is 3. The van der Waals surface area contributed by atoms with Crippen molar-refractivity contribution in [1.82, 2.24) is 5.48 Å². The Morgan fingerprint density at radius 2 is 2.07 bits per heavy atom. The van der Waals surface area contributed by atoms with Crippen LogP contribution in [0.4, 0.5) is 0 Å². The molecule has 1 amide bonds. The van der Waals surface area contributed by atoms with Gasteiger partial charge in [-0.25, -0.2) is 5.48 Å². The molecule has 0 saturated heterocycles. The molecule has 5 heteroatoms. The molecule has 2 N–H and O–H groups in total. The Bertz CT molecular complexity index is 315. The highest BCUT2D eigenvalue weighted by Crippen LogP contribution is 2.12. The standard InChI is InChI=1S/C9H10ClNO2S/c10-7-3-1-6(2-4-7)5-8(14)9(12)11-13/h1-4,8,13-14H,5H2,(H,11,12). The van der Waals surface area contributed by atoms with Gasteiger partial charge in [0.1, 0.15) is 0 Å². The molecule has 0 bridgehead atoms. The van der Waals surface area contributed by atoms with E-state index in [1.54, 1.807) is 17.6 Å². The second-order valence-electron chi connectivity index (χ2n) is 2.82. The van der Waals surface area contributed by atoms with Crippen molar-refractivity contribution >= 4 is 30.1 Å². The molecule has 0 aliphatic heterocycles. The van der Waals surface area contributed by atoms with Crippen molar-refractivity contribution in [2.24, 2.45) is 0 Å². The number of carbonyl (C=O) groups excluding carboxylic acids is 1. The molecule has 0 fully saturated rings. The molecule has 1 rings (SSSR count). The number of hydrogen-bond acceptors (Lipinski definition) is 3. The minimum absolute atomic E-state index is 0.451. The van der Waals surface area contributed by atoms with E-state index >= 15 is 0 Å². The van der Waals surface area contributed by atoms with Gasteiger partial charge in [0.2, 0.25) is 0 Å². The summed E-state index contributed by atoms with van der Waals surface area (Å²) in [5, 5.41) is 8.45. The Labute approximate surface area is 92.4 Å². The molecule has 1 aromatic rings. The predicted octanol–water partition coefficient (Wildman–Crippen LogP) is 1.69. The van der Waals surface area contributed by atoms with Crippen LogP contribution >= 0.6 is 24.2 Å². The van der Waals surface area contributed by atoms with E-state index in [0.717, 1.165) is 5.56 Å². The van der Waals surface area contributed by atoms with Crippen LogP contribution in [0, 0.1) is 0 Å². The van der Waals surface area contributed by atoms with E-state index in [-0.39, 0.29) is 0 Å². The minimum Gasteiger partial charge on any atom is -0.289 e. The summed E-state index contributed by atoms with van der Waals surface area (Å²) in [5.74, 6) is -0.511. The molecule has 1 atom stereocenters. The van der Waals surface area contributed by atoms with Crippen molar-refractivity contribution in [2.45, 2.75) is 11.7 Å². The maximum Gasteiger partial charge on any atom is 0.256 e. The lowest BCUT2D eigenvalue weighted by molar-refractivity contribution is -0.128. The van der Waals surface area contributed by atoms with Crippen molar-refractivity contribution < 1.29 is 10.0 Å². The molecule has 0 saturated carbocycles. The topological polar surface area (TPSA) is 49.3 Å². The lowest BCUT2D eigenvalue weighted by atomic mass is 10.1. The molecule has 76 valence electrons. The van der Waals surface area contributed by atoms with Gasteiger partial charge in [-0.1, -0.05) is 23.7 Å². The molecule has 0 spiro atoms. The van der Waals surface area contributed by atoms with E-state index in [4.69, 9.17) is 16.8 Å². The summed E-state index contributed by atoms with van der Waals surface area (Å²) < 4.78 is 0. The first kappa shape index (κ1) is 11.4. The number of benzene rings is 1. The molecule has 1 aromatic carbocycles. The Hall–Kier alpha value is -0.710. The Balaban J connectivity index is 2.60. The molecule has 3 nitrogen and oxygen atoms in total. The number of halogens is 1. The first-order chi connectivity index (χ1) is 6.63. The zero-order valence-corrected chi connectivity index (χ0v) is 8.92. The van der Waals surface area contributed by atoms with Crippen LogP contribution < -0.4 is 5.48 Å². The average Bonchev–Trinajstić information content (AvgIpc) is 2.20. The number of carbonyl (C=O) groups is 1. The molecule has 0 heterocycles. The smallest absolute Gasteiger partial charge is 0.256 e. The summed E-state index contributed by atoms with van der Waals surface area (Å²) in [5.41, 5.74) is 2.50. The van der Waals surface area contributed by atoms with E-state index in [2.05, 4.69) is 12.6 Å². The van der Waals surface area contributed by atoms with Crippen molar-refractivity contribution in [1.29, 1.82) is 0 Å². The van der Waals surface area contributed by atoms with E-state index < -0.39 is 11.2 Å². The van der Waals surface area contributed by atoms with Crippen LogP contribution in [-0.4, -0.2) is 16.4 Å². The molecule has 14 heavy (non-hydrogen) atoms. The van der Waals surface area contributed by atoms with Gasteiger partial charge in [0.15, 0.2) is 0 Å². The van der Waals surface area contributed by atoms with Crippen LogP contribution in [0.1, 0.15) is 5.56 Å².